The fraction of sp³-hybridized carbons (Fsp3) is 0.304. The van der Waals surface area contributed by atoms with Crippen LogP contribution in [0.5, 0.6) is 0 Å². The maximum atomic E-state index is 12.5. The molecule has 2 heterocycles. The maximum absolute atomic E-state index is 12.5. The van der Waals surface area contributed by atoms with Gasteiger partial charge in [-0.3, -0.25) is 14.4 Å². The van der Waals surface area contributed by atoms with Crippen molar-refractivity contribution < 1.29 is 23.9 Å². The molecule has 2 amide bonds. The van der Waals surface area contributed by atoms with Gasteiger partial charge in [0.2, 0.25) is 11.8 Å². The summed E-state index contributed by atoms with van der Waals surface area (Å²) in [6.45, 7) is 0.871. The Hall–Kier alpha value is -3.48. The van der Waals surface area contributed by atoms with Crippen LogP contribution in [0, 0.1) is 0 Å². The summed E-state index contributed by atoms with van der Waals surface area (Å²) in [5, 5.41) is 0. The van der Waals surface area contributed by atoms with E-state index < -0.39 is 12.6 Å². The number of rotatable bonds is 6. The first kappa shape index (κ1) is 19.8. The molecule has 2 aliphatic rings. The van der Waals surface area contributed by atoms with Crippen LogP contribution in [-0.2, 0) is 14.3 Å². The van der Waals surface area contributed by atoms with E-state index in [1.165, 1.54) is 0 Å². The summed E-state index contributed by atoms with van der Waals surface area (Å²) in [6, 6.07) is 13.5. The Morgan fingerprint density at radius 3 is 1.87 bits per heavy atom. The van der Waals surface area contributed by atoms with Crippen molar-refractivity contribution in [2.24, 2.45) is 0 Å². The molecule has 0 bridgehead atoms. The predicted molar refractivity (Wildman–Crippen MR) is 111 cm³/mol. The lowest BCUT2D eigenvalue weighted by Crippen LogP contribution is -2.24. The molecule has 2 aliphatic heterocycles. The lowest BCUT2D eigenvalue weighted by molar-refractivity contribution is -0.117. The molecule has 0 unspecified atom stereocenters. The van der Waals surface area contributed by atoms with Crippen molar-refractivity contribution in [3.63, 3.8) is 0 Å². The Labute approximate surface area is 174 Å². The van der Waals surface area contributed by atoms with Crippen molar-refractivity contribution in [2.75, 3.05) is 29.5 Å². The highest BCUT2D eigenvalue weighted by Crippen LogP contribution is 2.24. The summed E-state index contributed by atoms with van der Waals surface area (Å²) >= 11 is 0. The molecule has 0 aliphatic carbocycles. The van der Waals surface area contributed by atoms with Crippen LogP contribution in [0.25, 0.3) is 0 Å². The molecule has 0 N–H and O–H groups in total. The first-order valence-electron chi connectivity index (χ1n) is 10.0. The molecule has 2 aromatic carbocycles. The van der Waals surface area contributed by atoms with Crippen LogP contribution < -0.4 is 9.80 Å². The summed E-state index contributed by atoms with van der Waals surface area (Å²) in [5.41, 5.74) is 2.01. The number of carbonyl (C=O) groups excluding carboxylic acids is 4. The summed E-state index contributed by atoms with van der Waals surface area (Å²) in [5.74, 6) is -0.889. The van der Waals surface area contributed by atoms with Crippen molar-refractivity contribution in [2.45, 2.75) is 25.7 Å². The summed E-state index contributed by atoms with van der Waals surface area (Å²) in [6.07, 6.45) is 2.62. The number of ketones is 1. The van der Waals surface area contributed by atoms with Gasteiger partial charge in [0.1, 0.15) is 0 Å². The van der Waals surface area contributed by atoms with Gasteiger partial charge in [-0.05, 0) is 43.2 Å². The number of esters is 1. The van der Waals surface area contributed by atoms with Crippen LogP contribution in [0.1, 0.15) is 46.4 Å². The summed E-state index contributed by atoms with van der Waals surface area (Å²) in [4.78, 5) is 52.1. The molecule has 154 valence electrons. The summed E-state index contributed by atoms with van der Waals surface area (Å²) < 4.78 is 5.20. The number of ether oxygens (including phenoxy) is 1. The van der Waals surface area contributed by atoms with Crippen molar-refractivity contribution in [3.8, 4) is 0 Å². The van der Waals surface area contributed by atoms with E-state index in [0.717, 1.165) is 12.8 Å². The number of Topliss-reactive ketones (excluding diaryl/α,β-unsaturated/α-hetero) is 1. The zero-order valence-electron chi connectivity index (χ0n) is 16.5. The third-order valence-electron chi connectivity index (χ3n) is 5.35. The normalized spacial score (nSPS) is 16.3. The molecule has 0 radical (unpaired) electrons. The van der Waals surface area contributed by atoms with E-state index in [9.17, 15) is 19.2 Å². The Morgan fingerprint density at radius 1 is 0.800 bits per heavy atom. The number of benzene rings is 2. The van der Waals surface area contributed by atoms with Gasteiger partial charge < -0.3 is 14.5 Å². The minimum atomic E-state index is -0.622. The quantitative estimate of drug-likeness (QED) is 0.544. The van der Waals surface area contributed by atoms with Gasteiger partial charge in [-0.15, -0.1) is 0 Å². The largest absolute Gasteiger partial charge is 0.454 e. The van der Waals surface area contributed by atoms with Crippen LogP contribution in [0.3, 0.4) is 0 Å². The predicted octanol–water partition coefficient (Wildman–Crippen LogP) is 2.98. The van der Waals surface area contributed by atoms with E-state index in [2.05, 4.69) is 0 Å². The minimum absolute atomic E-state index is 0.0343. The zero-order chi connectivity index (χ0) is 21.1. The average Bonchev–Trinajstić information content (AvgIpc) is 3.40. The number of carbonyl (C=O) groups is 4. The number of anilines is 2. The Bertz CT molecular complexity index is 935. The fourth-order valence-corrected chi connectivity index (χ4v) is 3.79. The number of hydrogen-bond donors (Lipinski definition) is 0. The highest BCUT2D eigenvalue weighted by atomic mass is 16.5. The maximum Gasteiger partial charge on any atom is 0.338 e. The molecule has 7 nitrogen and oxygen atoms in total. The van der Waals surface area contributed by atoms with Gasteiger partial charge in [0, 0.05) is 42.9 Å². The van der Waals surface area contributed by atoms with Gasteiger partial charge in [-0.2, -0.15) is 0 Å². The van der Waals surface area contributed by atoms with E-state index in [4.69, 9.17) is 4.74 Å². The van der Waals surface area contributed by atoms with E-state index in [1.54, 1.807) is 58.3 Å². The molecular weight excluding hydrogens is 384 g/mol. The van der Waals surface area contributed by atoms with Crippen molar-refractivity contribution in [1.82, 2.24) is 0 Å². The standard InChI is InChI=1S/C23H22N2O5/c26-20(16-5-1-7-18(13-16)24-11-3-9-21(24)27)15-30-23(29)17-6-2-8-19(14-17)25-12-4-10-22(25)28/h1-2,5-8,13-14H,3-4,9-12,15H2. The highest BCUT2D eigenvalue weighted by Gasteiger charge is 2.24. The van der Waals surface area contributed by atoms with Gasteiger partial charge in [-0.25, -0.2) is 4.79 Å². The van der Waals surface area contributed by atoms with Gasteiger partial charge in [0.25, 0.3) is 0 Å². The van der Waals surface area contributed by atoms with Crippen LogP contribution in [0.15, 0.2) is 48.5 Å². The monoisotopic (exact) mass is 406 g/mol. The lowest BCUT2D eigenvalue weighted by atomic mass is 10.1. The smallest absolute Gasteiger partial charge is 0.338 e. The van der Waals surface area contributed by atoms with Crippen LogP contribution in [0.2, 0.25) is 0 Å². The average molecular weight is 406 g/mol. The Balaban J connectivity index is 1.40. The van der Waals surface area contributed by atoms with E-state index in [1.807, 2.05) is 0 Å². The Morgan fingerprint density at radius 2 is 1.33 bits per heavy atom. The second-order valence-corrected chi connectivity index (χ2v) is 7.40. The molecule has 0 saturated carbocycles. The third kappa shape index (κ3) is 4.10. The molecule has 30 heavy (non-hydrogen) atoms. The molecule has 2 fully saturated rings. The number of nitrogens with zero attached hydrogens (tertiary/aromatic N) is 2. The SMILES string of the molecule is O=C(COC(=O)c1cccc(N2CCCC2=O)c1)c1cccc(N2CCCC2=O)c1. The molecule has 2 saturated heterocycles. The van der Waals surface area contributed by atoms with E-state index >= 15 is 0 Å². The van der Waals surface area contributed by atoms with Gasteiger partial charge in [0.15, 0.2) is 12.4 Å². The molecule has 4 rings (SSSR count). The van der Waals surface area contributed by atoms with Gasteiger partial charge in [-0.1, -0.05) is 18.2 Å². The van der Waals surface area contributed by atoms with Gasteiger partial charge in [0.05, 0.1) is 5.56 Å². The molecule has 0 spiro atoms. The second kappa shape index (κ2) is 8.49. The third-order valence-corrected chi connectivity index (χ3v) is 5.35. The topological polar surface area (TPSA) is 84.0 Å². The molecule has 7 heteroatoms. The molecular formula is C23H22N2O5. The van der Waals surface area contributed by atoms with E-state index in [-0.39, 0.29) is 23.2 Å². The number of hydrogen-bond acceptors (Lipinski definition) is 5. The fourth-order valence-electron chi connectivity index (χ4n) is 3.79. The van der Waals surface area contributed by atoms with Crippen molar-refractivity contribution in [1.29, 1.82) is 0 Å². The minimum Gasteiger partial charge on any atom is -0.454 e. The van der Waals surface area contributed by atoms with Crippen LogP contribution in [-0.4, -0.2) is 43.3 Å². The first-order valence-corrected chi connectivity index (χ1v) is 10.0. The molecule has 0 atom stereocenters. The second-order valence-electron chi connectivity index (χ2n) is 7.40. The summed E-state index contributed by atoms with van der Waals surface area (Å²) in [7, 11) is 0. The zero-order valence-corrected chi connectivity index (χ0v) is 16.5. The first-order chi connectivity index (χ1) is 14.5. The van der Waals surface area contributed by atoms with Crippen molar-refractivity contribution in [3.05, 3.63) is 59.7 Å². The highest BCUT2D eigenvalue weighted by molar-refractivity contribution is 6.02. The lowest BCUT2D eigenvalue weighted by Gasteiger charge is -2.16. The van der Waals surface area contributed by atoms with Gasteiger partial charge >= 0.3 is 5.97 Å². The Kier molecular flexibility index (Phi) is 5.61. The van der Waals surface area contributed by atoms with Crippen LogP contribution >= 0.6 is 0 Å². The molecule has 0 aromatic heterocycles. The number of amides is 2. The van der Waals surface area contributed by atoms with E-state index in [0.29, 0.717) is 42.9 Å². The van der Waals surface area contributed by atoms with Crippen LogP contribution in [0.4, 0.5) is 11.4 Å². The molecule has 2 aromatic rings. The van der Waals surface area contributed by atoms with Crippen molar-refractivity contribution >= 4 is 34.9 Å².